The van der Waals surface area contributed by atoms with Crippen LogP contribution in [0.3, 0.4) is 0 Å². The lowest BCUT2D eigenvalue weighted by molar-refractivity contribution is -0.137. The minimum Gasteiger partial charge on any atom is -0.449 e. The maximum atomic E-state index is 12.7. The summed E-state index contributed by atoms with van der Waals surface area (Å²) in [5.74, 6) is -2.12. The molecule has 2 aromatic carbocycles. The van der Waals surface area contributed by atoms with Gasteiger partial charge in [0, 0.05) is 5.69 Å². The molecule has 0 saturated carbocycles. The van der Waals surface area contributed by atoms with Crippen molar-refractivity contribution in [3.05, 3.63) is 53.6 Å². The Balaban J connectivity index is 1.77. The maximum absolute atomic E-state index is 12.7. The summed E-state index contributed by atoms with van der Waals surface area (Å²) in [6.45, 7) is 1.04. The van der Waals surface area contributed by atoms with Crippen LogP contribution in [0.2, 0.25) is 0 Å². The Morgan fingerprint density at radius 2 is 1.90 bits per heavy atom. The molecule has 29 heavy (non-hydrogen) atoms. The highest BCUT2D eigenvalue weighted by molar-refractivity contribution is 6.11. The number of carbonyl (C=O) groups excluding carboxylic acids is 3. The van der Waals surface area contributed by atoms with Crippen LogP contribution < -0.4 is 16.0 Å². The zero-order valence-corrected chi connectivity index (χ0v) is 15.1. The molecule has 10 heteroatoms. The molecule has 152 valence electrons. The summed E-state index contributed by atoms with van der Waals surface area (Å²) in [4.78, 5) is 38.0. The third-order valence-electron chi connectivity index (χ3n) is 4.27. The van der Waals surface area contributed by atoms with Crippen LogP contribution in [0.4, 0.5) is 30.2 Å². The van der Waals surface area contributed by atoms with Crippen molar-refractivity contribution in [2.45, 2.75) is 19.2 Å². The third kappa shape index (κ3) is 4.15. The predicted molar refractivity (Wildman–Crippen MR) is 98.2 cm³/mol. The van der Waals surface area contributed by atoms with E-state index in [1.807, 2.05) is 0 Å². The summed E-state index contributed by atoms with van der Waals surface area (Å²) in [5.41, 5.74) is 4.69. The zero-order valence-electron chi connectivity index (χ0n) is 15.1. The van der Waals surface area contributed by atoms with Gasteiger partial charge < -0.3 is 15.8 Å². The average Bonchev–Trinajstić information content (AvgIpc) is 2.65. The molecule has 1 atom stereocenters. The number of halogens is 3. The Hall–Kier alpha value is -3.56. The number of nitrogens with one attached hydrogen (secondary N) is 1. The molecule has 1 aliphatic rings. The third-order valence-corrected chi connectivity index (χ3v) is 4.27. The van der Waals surface area contributed by atoms with Crippen LogP contribution in [0.15, 0.2) is 42.5 Å². The molecule has 0 spiro atoms. The lowest BCUT2D eigenvalue weighted by atomic mass is 10.1. The second-order valence-electron chi connectivity index (χ2n) is 6.34. The number of esters is 1. The van der Waals surface area contributed by atoms with Crippen LogP contribution in [0.5, 0.6) is 0 Å². The van der Waals surface area contributed by atoms with E-state index < -0.39 is 41.3 Å². The summed E-state index contributed by atoms with van der Waals surface area (Å²) < 4.78 is 43.2. The second-order valence-corrected chi connectivity index (χ2v) is 6.34. The minimum atomic E-state index is -4.61. The molecule has 2 aromatic rings. The highest BCUT2D eigenvalue weighted by Crippen LogP contribution is 2.32. The van der Waals surface area contributed by atoms with Gasteiger partial charge in [0.1, 0.15) is 6.54 Å². The summed E-state index contributed by atoms with van der Waals surface area (Å²) in [5, 5.41) is 2.63. The topological polar surface area (TPSA) is 102 Å². The number of para-hydroxylation sites is 2. The highest BCUT2D eigenvalue weighted by atomic mass is 19.4. The first kappa shape index (κ1) is 20.2. The quantitative estimate of drug-likeness (QED) is 0.602. The zero-order chi connectivity index (χ0) is 21.3. The van der Waals surface area contributed by atoms with Gasteiger partial charge in [-0.3, -0.25) is 14.5 Å². The lowest BCUT2D eigenvalue weighted by Gasteiger charge is -2.30. The van der Waals surface area contributed by atoms with Crippen molar-refractivity contribution in [3.63, 3.8) is 0 Å². The number of anilines is 3. The van der Waals surface area contributed by atoms with E-state index in [1.165, 1.54) is 11.8 Å². The van der Waals surface area contributed by atoms with E-state index >= 15 is 0 Å². The smallest absolute Gasteiger partial charge is 0.416 e. The molecule has 1 aliphatic heterocycles. The van der Waals surface area contributed by atoms with Crippen molar-refractivity contribution < 1.29 is 32.3 Å². The van der Waals surface area contributed by atoms with Crippen molar-refractivity contribution in [2.75, 3.05) is 22.5 Å². The van der Waals surface area contributed by atoms with E-state index in [1.54, 1.807) is 24.3 Å². The molecule has 7 nitrogen and oxygen atoms in total. The molecule has 0 aliphatic carbocycles. The highest BCUT2D eigenvalue weighted by Gasteiger charge is 2.33. The first-order valence-electron chi connectivity index (χ1n) is 8.46. The van der Waals surface area contributed by atoms with E-state index in [4.69, 9.17) is 10.5 Å². The van der Waals surface area contributed by atoms with Crippen molar-refractivity contribution in [1.29, 1.82) is 0 Å². The van der Waals surface area contributed by atoms with Crippen LogP contribution in [0, 0.1) is 0 Å². The average molecular weight is 407 g/mol. The van der Waals surface area contributed by atoms with Gasteiger partial charge in [0.25, 0.3) is 5.91 Å². The monoisotopic (exact) mass is 407 g/mol. The van der Waals surface area contributed by atoms with E-state index in [0.717, 1.165) is 6.07 Å². The maximum Gasteiger partial charge on any atom is 0.416 e. The number of fused-ring (bicyclic) bond motifs is 1. The Bertz CT molecular complexity index is 991. The molecule has 0 fully saturated rings. The number of ether oxygens (including phenoxy) is 1. The minimum absolute atomic E-state index is 0.264. The van der Waals surface area contributed by atoms with Gasteiger partial charge in [-0.1, -0.05) is 12.1 Å². The van der Waals surface area contributed by atoms with Gasteiger partial charge in [0.05, 0.1) is 22.5 Å². The molecule has 0 aromatic heterocycles. The number of carbonyl (C=O) groups is 3. The first-order valence-corrected chi connectivity index (χ1v) is 8.46. The molecular formula is C19H16F3N3O4. The first-order chi connectivity index (χ1) is 13.6. The number of benzene rings is 2. The number of hydrogen-bond donors (Lipinski definition) is 2. The van der Waals surface area contributed by atoms with Gasteiger partial charge in [0.2, 0.25) is 5.91 Å². The summed E-state index contributed by atoms with van der Waals surface area (Å²) in [6, 6.07) is 8.81. The number of nitrogens with zero attached hydrogens (tertiary/aromatic N) is 1. The second kappa shape index (κ2) is 7.46. The molecule has 0 unspecified atom stereocenters. The van der Waals surface area contributed by atoms with Crippen molar-refractivity contribution >= 4 is 34.8 Å². The van der Waals surface area contributed by atoms with Gasteiger partial charge >= 0.3 is 12.1 Å². The molecule has 1 heterocycles. The van der Waals surface area contributed by atoms with E-state index in [2.05, 4.69) is 5.32 Å². The van der Waals surface area contributed by atoms with Crippen LogP contribution >= 0.6 is 0 Å². The fourth-order valence-corrected chi connectivity index (χ4v) is 2.85. The largest absolute Gasteiger partial charge is 0.449 e. The van der Waals surface area contributed by atoms with Crippen LogP contribution in [-0.2, 0) is 20.5 Å². The van der Waals surface area contributed by atoms with Crippen LogP contribution in [-0.4, -0.2) is 30.4 Å². The fourth-order valence-electron chi connectivity index (χ4n) is 2.85. The van der Waals surface area contributed by atoms with E-state index in [0.29, 0.717) is 23.5 Å². The Labute approximate surface area is 163 Å². The molecular weight excluding hydrogens is 391 g/mol. The van der Waals surface area contributed by atoms with Crippen molar-refractivity contribution in [3.8, 4) is 0 Å². The van der Waals surface area contributed by atoms with Gasteiger partial charge in [0.15, 0.2) is 6.10 Å². The SMILES string of the molecule is C[C@H](OC(=O)c1ccc(C(F)(F)F)cc1N)C(=O)N1CC(=O)Nc2ccccc21. The van der Waals surface area contributed by atoms with Gasteiger partial charge in [-0.25, -0.2) is 4.79 Å². The predicted octanol–water partition coefficient (Wildman–Crippen LogP) is 2.82. The van der Waals surface area contributed by atoms with Crippen LogP contribution in [0.25, 0.3) is 0 Å². The number of nitrogen functional groups attached to an aromatic ring is 1. The number of rotatable bonds is 3. The summed E-state index contributed by atoms with van der Waals surface area (Å²) >= 11 is 0. The normalized spacial score (nSPS) is 14.6. The molecule has 3 N–H and O–H groups in total. The van der Waals surface area contributed by atoms with E-state index in [-0.39, 0.29) is 12.1 Å². The summed E-state index contributed by atoms with van der Waals surface area (Å²) in [7, 11) is 0. The Morgan fingerprint density at radius 3 is 2.55 bits per heavy atom. The number of amides is 2. The molecule has 2 amide bonds. The molecule has 0 radical (unpaired) electrons. The molecule has 0 bridgehead atoms. The molecule has 3 rings (SSSR count). The number of hydrogen-bond acceptors (Lipinski definition) is 5. The van der Waals surface area contributed by atoms with Gasteiger partial charge in [-0.15, -0.1) is 0 Å². The summed E-state index contributed by atoms with van der Waals surface area (Å²) in [6.07, 6.45) is -5.91. The van der Waals surface area contributed by atoms with Crippen LogP contribution in [0.1, 0.15) is 22.8 Å². The standard InChI is InChI=1S/C19H16F3N3O4/c1-10(17(27)25-9-16(26)24-14-4-2-3-5-15(14)25)29-18(28)12-7-6-11(8-13(12)23)19(20,21)22/h2-8,10H,9,23H2,1H3,(H,24,26)/t10-/m0/s1. The molecule has 0 saturated heterocycles. The lowest BCUT2D eigenvalue weighted by Crippen LogP contribution is -2.47. The van der Waals surface area contributed by atoms with Crippen molar-refractivity contribution in [2.24, 2.45) is 0 Å². The number of alkyl halides is 3. The van der Waals surface area contributed by atoms with Crippen molar-refractivity contribution in [1.82, 2.24) is 0 Å². The van der Waals surface area contributed by atoms with Gasteiger partial charge in [-0.2, -0.15) is 13.2 Å². The Morgan fingerprint density at radius 1 is 1.21 bits per heavy atom. The Kier molecular flexibility index (Phi) is 5.19. The van der Waals surface area contributed by atoms with Gasteiger partial charge in [-0.05, 0) is 37.3 Å². The fraction of sp³-hybridized carbons (Fsp3) is 0.211. The van der Waals surface area contributed by atoms with E-state index in [9.17, 15) is 27.6 Å². The number of nitrogens with two attached hydrogens (primary N) is 1.